The summed E-state index contributed by atoms with van der Waals surface area (Å²) in [7, 11) is 0. The zero-order valence-corrected chi connectivity index (χ0v) is 18.5. The molecule has 1 aliphatic heterocycles. The number of rotatable bonds is 7. The van der Waals surface area contributed by atoms with Crippen molar-refractivity contribution in [3.8, 4) is 11.5 Å². The second-order valence-electron chi connectivity index (χ2n) is 7.14. The highest BCUT2D eigenvalue weighted by atomic mass is 79.9. The van der Waals surface area contributed by atoms with Crippen molar-refractivity contribution in [2.45, 2.75) is 45.1 Å². The third-order valence-electron chi connectivity index (χ3n) is 5.09. The molecule has 7 nitrogen and oxygen atoms in total. The molecule has 0 spiro atoms. The fraction of sp³-hybridized carbons (Fsp3) is 0.409. The average Bonchev–Trinajstić information content (AvgIpc) is 2.72. The lowest BCUT2D eigenvalue weighted by atomic mass is 9.93. The maximum Gasteiger partial charge on any atom is 0.331 e. The van der Waals surface area contributed by atoms with Gasteiger partial charge in [-0.1, -0.05) is 47.8 Å². The molecule has 1 saturated heterocycles. The van der Waals surface area contributed by atoms with Gasteiger partial charge in [-0.25, -0.2) is 4.79 Å². The molecule has 2 fully saturated rings. The number of barbiturate groups is 1. The monoisotopic (exact) mass is 476 g/mol. The molecule has 0 bridgehead atoms. The fourth-order valence-corrected chi connectivity index (χ4v) is 4.13. The Bertz CT molecular complexity index is 890. The summed E-state index contributed by atoms with van der Waals surface area (Å²) in [6, 6.07) is 2.59. The lowest BCUT2D eigenvalue weighted by Gasteiger charge is -2.35. The molecule has 0 aromatic heterocycles. The second kappa shape index (κ2) is 9.93. The zero-order chi connectivity index (χ0) is 21.7. The number of nitrogens with one attached hydrogen (secondary N) is 1. The number of hydrogen-bond acceptors (Lipinski definition) is 5. The van der Waals surface area contributed by atoms with Gasteiger partial charge in [0, 0.05) is 10.5 Å². The topological polar surface area (TPSA) is 84.9 Å². The van der Waals surface area contributed by atoms with Gasteiger partial charge in [-0.2, -0.15) is 0 Å². The van der Waals surface area contributed by atoms with Crippen LogP contribution in [0.25, 0.3) is 6.08 Å². The number of ether oxygens (including phenoxy) is 2. The van der Waals surface area contributed by atoms with E-state index >= 15 is 0 Å². The van der Waals surface area contributed by atoms with Crippen LogP contribution in [0.1, 0.15) is 44.6 Å². The first-order valence-electron chi connectivity index (χ1n) is 10.1. The summed E-state index contributed by atoms with van der Waals surface area (Å²) < 4.78 is 11.9. The second-order valence-corrected chi connectivity index (χ2v) is 7.99. The van der Waals surface area contributed by atoms with Gasteiger partial charge in [-0.3, -0.25) is 19.8 Å². The zero-order valence-electron chi connectivity index (χ0n) is 16.9. The average molecular weight is 477 g/mol. The van der Waals surface area contributed by atoms with E-state index in [2.05, 4.69) is 27.8 Å². The Labute approximate surface area is 184 Å². The molecule has 0 unspecified atom stereocenters. The highest BCUT2D eigenvalue weighted by molar-refractivity contribution is 9.10. The van der Waals surface area contributed by atoms with E-state index in [4.69, 9.17) is 9.47 Å². The van der Waals surface area contributed by atoms with Crippen LogP contribution in [-0.2, 0) is 9.59 Å². The van der Waals surface area contributed by atoms with E-state index in [0.717, 1.165) is 32.1 Å². The summed E-state index contributed by atoms with van der Waals surface area (Å²) in [5.74, 6) is -0.260. The van der Waals surface area contributed by atoms with Gasteiger partial charge < -0.3 is 9.47 Å². The van der Waals surface area contributed by atoms with Crippen molar-refractivity contribution in [1.29, 1.82) is 0 Å². The molecule has 1 aromatic carbocycles. The van der Waals surface area contributed by atoms with Crippen LogP contribution in [0, 0.1) is 0 Å². The van der Waals surface area contributed by atoms with E-state index < -0.39 is 17.8 Å². The van der Waals surface area contributed by atoms with Crippen LogP contribution in [0.2, 0.25) is 0 Å². The van der Waals surface area contributed by atoms with Gasteiger partial charge in [0.1, 0.15) is 12.2 Å². The molecule has 30 heavy (non-hydrogen) atoms. The lowest BCUT2D eigenvalue weighted by molar-refractivity contribution is -0.132. The van der Waals surface area contributed by atoms with Crippen LogP contribution >= 0.6 is 15.9 Å². The third-order valence-corrected chi connectivity index (χ3v) is 5.78. The molecular formula is C22H25BrN2O5. The van der Waals surface area contributed by atoms with E-state index in [9.17, 15) is 14.4 Å². The number of benzene rings is 1. The first kappa shape index (κ1) is 22.1. The van der Waals surface area contributed by atoms with E-state index in [1.807, 2.05) is 6.92 Å². The number of nitrogens with zero attached hydrogens (tertiary/aromatic N) is 1. The van der Waals surface area contributed by atoms with Crippen LogP contribution < -0.4 is 14.8 Å². The van der Waals surface area contributed by atoms with Gasteiger partial charge in [0.05, 0.1) is 6.61 Å². The van der Waals surface area contributed by atoms with Crippen molar-refractivity contribution in [1.82, 2.24) is 10.2 Å². The molecule has 4 amide bonds. The largest absolute Gasteiger partial charge is 0.490 e. The first-order chi connectivity index (χ1) is 14.5. The molecule has 1 saturated carbocycles. The molecule has 160 valence electrons. The van der Waals surface area contributed by atoms with Crippen molar-refractivity contribution >= 4 is 39.9 Å². The van der Waals surface area contributed by atoms with E-state index in [-0.39, 0.29) is 11.6 Å². The number of urea groups is 1. The highest BCUT2D eigenvalue weighted by Crippen LogP contribution is 2.35. The van der Waals surface area contributed by atoms with Gasteiger partial charge in [-0.15, -0.1) is 0 Å². The van der Waals surface area contributed by atoms with Crippen LogP contribution in [-0.4, -0.2) is 42.0 Å². The lowest BCUT2D eigenvalue weighted by Crippen LogP contribution is -2.58. The maximum absolute atomic E-state index is 13.1. The van der Waals surface area contributed by atoms with Crippen LogP contribution in [0.15, 0.2) is 34.8 Å². The minimum Gasteiger partial charge on any atom is -0.490 e. The molecule has 1 aromatic rings. The highest BCUT2D eigenvalue weighted by Gasteiger charge is 2.40. The Morgan fingerprint density at radius 2 is 1.87 bits per heavy atom. The number of hydrogen-bond donors (Lipinski definition) is 1. The van der Waals surface area contributed by atoms with Gasteiger partial charge in [-0.05, 0) is 43.5 Å². The summed E-state index contributed by atoms with van der Waals surface area (Å²) in [6.07, 6.45) is 7.64. The number of halogens is 1. The van der Waals surface area contributed by atoms with Gasteiger partial charge in [0.15, 0.2) is 11.5 Å². The standard InChI is InChI=1S/C22H25BrN2O5/c1-3-10-30-19-13-17(23)14(12-18(19)29-4-2)11-16-20(26)24-22(28)25(21(16)27)15-8-6-5-7-9-15/h3,11-13,15H,1,4-10H2,2H3,(H,24,26,28)/b16-11+. The number of carbonyl (C=O) groups is 3. The summed E-state index contributed by atoms with van der Waals surface area (Å²) in [4.78, 5) is 39.1. The molecule has 1 aliphatic carbocycles. The van der Waals surface area contributed by atoms with Crippen LogP contribution in [0.3, 0.4) is 0 Å². The number of carbonyl (C=O) groups excluding carboxylic acids is 3. The molecule has 1 heterocycles. The maximum atomic E-state index is 13.1. The first-order valence-corrected chi connectivity index (χ1v) is 10.9. The Kier molecular flexibility index (Phi) is 7.31. The predicted octanol–water partition coefficient (Wildman–Crippen LogP) is 4.21. The van der Waals surface area contributed by atoms with Crippen molar-refractivity contribution in [3.05, 3.63) is 40.4 Å². The molecule has 0 atom stereocenters. The number of imide groups is 2. The molecule has 3 rings (SSSR count). The molecule has 0 radical (unpaired) electrons. The number of amides is 4. The van der Waals surface area contributed by atoms with E-state index in [0.29, 0.717) is 34.7 Å². The Balaban J connectivity index is 1.96. The Morgan fingerprint density at radius 1 is 1.17 bits per heavy atom. The quantitative estimate of drug-likeness (QED) is 0.362. The van der Waals surface area contributed by atoms with E-state index in [1.54, 1.807) is 18.2 Å². The van der Waals surface area contributed by atoms with E-state index in [1.165, 1.54) is 11.0 Å². The molecule has 8 heteroatoms. The Morgan fingerprint density at radius 3 is 2.53 bits per heavy atom. The summed E-state index contributed by atoms with van der Waals surface area (Å²) >= 11 is 3.47. The Hall–Kier alpha value is -2.61. The minimum atomic E-state index is -0.700. The summed E-state index contributed by atoms with van der Waals surface area (Å²) in [5, 5.41) is 2.30. The summed E-state index contributed by atoms with van der Waals surface area (Å²) in [6.45, 7) is 6.22. The van der Waals surface area contributed by atoms with Crippen molar-refractivity contribution in [2.24, 2.45) is 0 Å². The normalized spacial score (nSPS) is 19.1. The third kappa shape index (κ3) is 4.75. The van der Waals surface area contributed by atoms with Crippen LogP contribution in [0.5, 0.6) is 11.5 Å². The smallest absolute Gasteiger partial charge is 0.331 e. The summed E-state index contributed by atoms with van der Waals surface area (Å²) in [5.41, 5.74) is 0.490. The SMILES string of the molecule is C=CCOc1cc(Br)c(/C=C2\C(=O)NC(=O)N(C3CCCCC3)C2=O)cc1OCC. The van der Waals surface area contributed by atoms with Crippen molar-refractivity contribution in [2.75, 3.05) is 13.2 Å². The fourth-order valence-electron chi connectivity index (χ4n) is 3.69. The van der Waals surface area contributed by atoms with Gasteiger partial charge >= 0.3 is 6.03 Å². The van der Waals surface area contributed by atoms with Gasteiger partial charge in [0.25, 0.3) is 11.8 Å². The van der Waals surface area contributed by atoms with Crippen molar-refractivity contribution in [3.63, 3.8) is 0 Å². The minimum absolute atomic E-state index is 0.0805. The molecule has 1 N–H and O–H groups in total. The molecule has 2 aliphatic rings. The van der Waals surface area contributed by atoms with Crippen molar-refractivity contribution < 1.29 is 23.9 Å². The predicted molar refractivity (Wildman–Crippen MR) is 116 cm³/mol. The van der Waals surface area contributed by atoms with Crippen LogP contribution in [0.4, 0.5) is 4.79 Å². The van der Waals surface area contributed by atoms with Gasteiger partial charge in [0.2, 0.25) is 0 Å². The molecular weight excluding hydrogens is 452 g/mol.